The van der Waals surface area contributed by atoms with Crippen molar-refractivity contribution in [2.24, 2.45) is 5.92 Å². The monoisotopic (exact) mass is 349 g/mol. The number of benzene rings is 1. The van der Waals surface area contributed by atoms with E-state index in [0.717, 1.165) is 12.8 Å². The van der Waals surface area contributed by atoms with Gasteiger partial charge in [0.2, 0.25) is 5.91 Å². The maximum absolute atomic E-state index is 14.1. The van der Waals surface area contributed by atoms with Crippen LogP contribution in [0.2, 0.25) is 0 Å². The zero-order chi connectivity index (χ0) is 17.1. The number of nitrogens with one attached hydrogen (secondary N) is 2. The second kappa shape index (κ2) is 7.47. The smallest absolute Gasteiger partial charge is 0.227 e. The van der Waals surface area contributed by atoms with Gasteiger partial charge in [0, 0.05) is 24.7 Å². The second-order valence-corrected chi connectivity index (χ2v) is 7.19. The molecule has 3 rings (SSSR count). The van der Waals surface area contributed by atoms with Crippen LogP contribution in [0.5, 0.6) is 0 Å². The number of carbonyl (C=O) groups excluding carboxylic acids is 1. The summed E-state index contributed by atoms with van der Waals surface area (Å²) in [5.74, 6) is 0.197. The van der Waals surface area contributed by atoms with Crippen molar-refractivity contribution in [2.75, 3.05) is 16.8 Å². The van der Waals surface area contributed by atoms with Gasteiger partial charge in [-0.1, -0.05) is 19.8 Å². The van der Waals surface area contributed by atoms with Crippen LogP contribution in [0.4, 0.5) is 15.8 Å². The molecule has 1 aliphatic heterocycles. The van der Waals surface area contributed by atoms with Gasteiger partial charge in [0.05, 0.1) is 5.69 Å². The molecular formula is C18H24FN3OS. The van der Waals surface area contributed by atoms with E-state index in [1.54, 1.807) is 12.1 Å². The Labute approximate surface area is 147 Å². The van der Waals surface area contributed by atoms with Crippen molar-refractivity contribution in [1.82, 2.24) is 5.32 Å². The summed E-state index contributed by atoms with van der Waals surface area (Å²) in [5, 5.41) is 7.06. The lowest BCUT2D eigenvalue weighted by molar-refractivity contribution is -0.117. The van der Waals surface area contributed by atoms with Crippen molar-refractivity contribution in [3.05, 3.63) is 24.0 Å². The Morgan fingerprint density at radius 1 is 1.29 bits per heavy atom. The summed E-state index contributed by atoms with van der Waals surface area (Å²) in [4.78, 5) is 13.4. The highest BCUT2D eigenvalue weighted by Crippen LogP contribution is 2.28. The Morgan fingerprint density at radius 2 is 2.08 bits per heavy atom. The Morgan fingerprint density at radius 3 is 2.79 bits per heavy atom. The highest BCUT2D eigenvalue weighted by molar-refractivity contribution is 7.80. The lowest BCUT2D eigenvalue weighted by atomic mass is 9.86. The van der Waals surface area contributed by atoms with Gasteiger partial charge in [0.25, 0.3) is 0 Å². The van der Waals surface area contributed by atoms with Crippen LogP contribution >= 0.6 is 12.2 Å². The zero-order valence-electron chi connectivity index (χ0n) is 14.0. The van der Waals surface area contributed by atoms with Gasteiger partial charge in [0.1, 0.15) is 5.82 Å². The van der Waals surface area contributed by atoms with Gasteiger partial charge in [-0.2, -0.15) is 0 Å². The van der Waals surface area contributed by atoms with Gasteiger partial charge in [-0.25, -0.2) is 4.39 Å². The molecule has 6 heteroatoms. The number of nitrogens with zero attached hydrogens (tertiary/aromatic N) is 1. The van der Waals surface area contributed by atoms with E-state index in [-0.39, 0.29) is 11.7 Å². The molecular weight excluding hydrogens is 325 g/mol. The van der Waals surface area contributed by atoms with Gasteiger partial charge >= 0.3 is 0 Å². The van der Waals surface area contributed by atoms with E-state index in [0.29, 0.717) is 41.4 Å². The maximum Gasteiger partial charge on any atom is 0.227 e. The zero-order valence-corrected chi connectivity index (χ0v) is 14.8. The summed E-state index contributed by atoms with van der Waals surface area (Å²) in [5.41, 5.74) is 1.03. The summed E-state index contributed by atoms with van der Waals surface area (Å²) in [6, 6.07) is 5.09. The van der Waals surface area contributed by atoms with Gasteiger partial charge in [0.15, 0.2) is 5.11 Å². The largest absolute Gasteiger partial charge is 0.359 e. The second-order valence-electron chi connectivity index (χ2n) is 6.78. The third-order valence-corrected chi connectivity index (χ3v) is 5.22. The predicted octanol–water partition coefficient (Wildman–Crippen LogP) is 3.82. The fraction of sp³-hybridized carbons (Fsp3) is 0.556. The average molecular weight is 349 g/mol. The van der Waals surface area contributed by atoms with Gasteiger partial charge in [-0.05, 0) is 55.6 Å². The van der Waals surface area contributed by atoms with E-state index in [1.165, 1.54) is 30.2 Å². The molecule has 1 saturated heterocycles. The maximum atomic E-state index is 14.1. The van der Waals surface area contributed by atoms with Crippen LogP contribution in [0.3, 0.4) is 0 Å². The van der Waals surface area contributed by atoms with Crippen molar-refractivity contribution >= 4 is 34.6 Å². The molecule has 4 nitrogen and oxygen atoms in total. The molecule has 0 spiro atoms. The van der Waals surface area contributed by atoms with E-state index >= 15 is 0 Å². The number of amides is 1. The summed E-state index contributed by atoms with van der Waals surface area (Å²) in [6.45, 7) is 2.82. The molecule has 0 radical (unpaired) electrons. The van der Waals surface area contributed by atoms with E-state index < -0.39 is 0 Å². The first-order valence-electron chi connectivity index (χ1n) is 8.72. The van der Waals surface area contributed by atoms with Crippen LogP contribution in [0, 0.1) is 11.7 Å². The Bertz CT molecular complexity index is 637. The lowest BCUT2D eigenvalue weighted by Gasteiger charge is -2.30. The highest BCUT2D eigenvalue weighted by atomic mass is 32.1. The van der Waals surface area contributed by atoms with Crippen LogP contribution in [0.1, 0.15) is 45.4 Å². The lowest BCUT2D eigenvalue weighted by Crippen LogP contribution is -2.43. The van der Waals surface area contributed by atoms with E-state index in [4.69, 9.17) is 12.2 Å². The molecule has 1 heterocycles. The molecule has 1 aliphatic carbocycles. The standard InChI is InChI=1S/C18H24FN3OS/c1-12-5-2-3-6-15(12)21-18(24)20-13-8-9-14(19)16(11-13)22-10-4-7-17(22)23/h8-9,11-12,15H,2-7,10H2,1H3,(H2,20,21,24). The van der Waals surface area contributed by atoms with Crippen LogP contribution < -0.4 is 15.5 Å². The van der Waals surface area contributed by atoms with Crippen LogP contribution in [0.15, 0.2) is 18.2 Å². The van der Waals surface area contributed by atoms with E-state index in [9.17, 15) is 9.18 Å². The fourth-order valence-electron chi connectivity index (χ4n) is 3.57. The molecule has 2 atom stereocenters. The summed E-state index contributed by atoms with van der Waals surface area (Å²) in [7, 11) is 0. The summed E-state index contributed by atoms with van der Waals surface area (Å²) in [6.07, 6.45) is 6.11. The van der Waals surface area contributed by atoms with Crippen molar-refractivity contribution in [3.63, 3.8) is 0 Å². The van der Waals surface area contributed by atoms with Crippen LogP contribution in [0.25, 0.3) is 0 Å². The minimum atomic E-state index is -0.379. The topological polar surface area (TPSA) is 44.4 Å². The first kappa shape index (κ1) is 17.1. The molecule has 2 fully saturated rings. The Kier molecular flexibility index (Phi) is 5.33. The number of thiocarbonyl (C=S) groups is 1. The summed E-state index contributed by atoms with van der Waals surface area (Å²) >= 11 is 5.41. The first-order valence-corrected chi connectivity index (χ1v) is 9.13. The summed E-state index contributed by atoms with van der Waals surface area (Å²) < 4.78 is 14.1. The van der Waals surface area contributed by atoms with Crippen molar-refractivity contribution in [2.45, 2.75) is 51.5 Å². The number of carbonyl (C=O) groups is 1. The molecule has 1 amide bonds. The Balaban J connectivity index is 1.66. The van der Waals surface area contributed by atoms with Crippen LogP contribution in [-0.2, 0) is 4.79 Å². The number of hydrogen-bond acceptors (Lipinski definition) is 2. The Hall–Kier alpha value is -1.69. The van der Waals surface area contributed by atoms with E-state index in [1.807, 2.05) is 0 Å². The molecule has 1 aromatic carbocycles. The molecule has 1 saturated carbocycles. The van der Waals surface area contributed by atoms with Gasteiger partial charge in [-0.15, -0.1) is 0 Å². The van der Waals surface area contributed by atoms with Gasteiger partial charge in [-0.3, -0.25) is 4.79 Å². The number of rotatable bonds is 3. The van der Waals surface area contributed by atoms with Crippen LogP contribution in [-0.4, -0.2) is 23.6 Å². The molecule has 2 unspecified atom stereocenters. The molecule has 0 aromatic heterocycles. The minimum Gasteiger partial charge on any atom is -0.359 e. The number of anilines is 2. The predicted molar refractivity (Wildman–Crippen MR) is 98.8 cm³/mol. The molecule has 24 heavy (non-hydrogen) atoms. The third kappa shape index (κ3) is 3.86. The van der Waals surface area contributed by atoms with Crippen molar-refractivity contribution < 1.29 is 9.18 Å². The normalized spacial score (nSPS) is 24.1. The number of hydrogen-bond donors (Lipinski definition) is 2. The fourth-order valence-corrected chi connectivity index (χ4v) is 3.84. The highest BCUT2D eigenvalue weighted by Gasteiger charge is 2.25. The number of halogens is 1. The quantitative estimate of drug-likeness (QED) is 0.815. The van der Waals surface area contributed by atoms with E-state index in [2.05, 4.69) is 17.6 Å². The average Bonchev–Trinajstić information content (AvgIpc) is 2.97. The SMILES string of the molecule is CC1CCCCC1NC(=S)Nc1ccc(F)c(N2CCCC2=O)c1. The molecule has 2 aliphatic rings. The molecule has 130 valence electrons. The molecule has 0 bridgehead atoms. The molecule has 2 N–H and O–H groups in total. The van der Waals surface area contributed by atoms with Crippen molar-refractivity contribution in [3.8, 4) is 0 Å². The third-order valence-electron chi connectivity index (χ3n) is 5.00. The van der Waals surface area contributed by atoms with Crippen molar-refractivity contribution in [1.29, 1.82) is 0 Å². The first-order chi connectivity index (χ1) is 11.5. The molecule has 1 aromatic rings. The van der Waals surface area contributed by atoms with Gasteiger partial charge < -0.3 is 15.5 Å². The minimum absolute atomic E-state index is 0.0252.